The smallest absolute Gasteiger partial charge is 0.343 e. The SMILES string of the molecule is O=C1CC(Sc2nc(-c3ccccc3)cc(C(F)(F)F)n2)C2COC1O2. The van der Waals surface area contributed by atoms with Gasteiger partial charge in [-0.05, 0) is 6.07 Å². The van der Waals surface area contributed by atoms with Crippen LogP contribution in [-0.4, -0.2) is 40.0 Å². The van der Waals surface area contributed by atoms with Crippen LogP contribution in [0, 0.1) is 0 Å². The minimum absolute atomic E-state index is 0.0366. The van der Waals surface area contributed by atoms with Gasteiger partial charge in [0.15, 0.2) is 10.9 Å². The molecule has 0 aliphatic carbocycles. The number of ketones is 1. The van der Waals surface area contributed by atoms with Crippen LogP contribution >= 0.6 is 11.8 Å². The lowest BCUT2D eigenvalue weighted by Crippen LogP contribution is -2.37. The van der Waals surface area contributed by atoms with E-state index in [0.29, 0.717) is 5.56 Å². The summed E-state index contributed by atoms with van der Waals surface area (Å²) in [7, 11) is 0. The fourth-order valence-electron chi connectivity index (χ4n) is 2.84. The Morgan fingerprint density at radius 3 is 2.65 bits per heavy atom. The first-order valence-corrected chi connectivity index (χ1v) is 8.76. The zero-order chi connectivity index (χ0) is 18.3. The topological polar surface area (TPSA) is 61.3 Å². The first-order valence-electron chi connectivity index (χ1n) is 7.88. The van der Waals surface area contributed by atoms with Crippen molar-refractivity contribution < 1.29 is 27.4 Å². The second-order valence-electron chi connectivity index (χ2n) is 5.95. The second-order valence-corrected chi connectivity index (χ2v) is 7.16. The molecular formula is C17H13F3N2O3S. The predicted molar refractivity (Wildman–Crippen MR) is 86.4 cm³/mol. The van der Waals surface area contributed by atoms with Crippen molar-refractivity contribution in [3.8, 4) is 11.3 Å². The van der Waals surface area contributed by atoms with E-state index >= 15 is 0 Å². The number of benzene rings is 1. The van der Waals surface area contributed by atoms with Gasteiger partial charge in [-0.15, -0.1) is 0 Å². The van der Waals surface area contributed by atoms with Crippen molar-refractivity contribution in [2.45, 2.75) is 35.4 Å². The number of carbonyl (C=O) groups is 1. The molecule has 2 saturated heterocycles. The molecule has 0 spiro atoms. The fraction of sp³-hybridized carbons (Fsp3) is 0.353. The molecule has 3 unspecified atom stereocenters. The number of halogens is 3. The van der Waals surface area contributed by atoms with Crippen molar-refractivity contribution >= 4 is 17.5 Å². The largest absolute Gasteiger partial charge is 0.433 e. The van der Waals surface area contributed by atoms with Crippen LogP contribution in [0.25, 0.3) is 11.3 Å². The van der Waals surface area contributed by atoms with E-state index in [0.717, 1.165) is 17.8 Å². The Morgan fingerprint density at radius 2 is 1.92 bits per heavy atom. The molecule has 3 heterocycles. The third-order valence-electron chi connectivity index (χ3n) is 4.11. The van der Waals surface area contributed by atoms with Crippen molar-refractivity contribution in [1.29, 1.82) is 0 Å². The zero-order valence-corrected chi connectivity index (χ0v) is 14.1. The lowest BCUT2D eigenvalue weighted by Gasteiger charge is -2.25. The van der Waals surface area contributed by atoms with Crippen molar-refractivity contribution in [3.63, 3.8) is 0 Å². The number of hydrogen-bond acceptors (Lipinski definition) is 6. The number of aromatic nitrogens is 2. The van der Waals surface area contributed by atoms with E-state index in [2.05, 4.69) is 9.97 Å². The van der Waals surface area contributed by atoms with Gasteiger partial charge in [0.25, 0.3) is 0 Å². The van der Waals surface area contributed by atoms with Gasteiger partial charge in [-0.25, -0.2) is 9.97 Å². The summed E-state index contributed by atoms with van der Waals surface area (Å²) in [5, 5.41) is -0.418. The van der Waals surface area contributed by atoms with E-state index in [1.54, 1.807) is 30.3 Å². The van der Waals surface area contributed by atoms with Crippen LogP contribution in [0.4, 0.5) is 13.2 Å². The van der Waals surface area contributed by atoms with Crippen molar-refractivity contribution in [1.82, 2.24) is 9.97 Å². The van der Waals surface area contributed by atoms with Crippen LogP contribution in [0.15, 0.2) is 41.6 Å². The Hall–Kier alpha value is -1.97. The van der Waals surface area contributed by atoms with Gasteiger partial charge in [0.1, 0.15) is 5.69 Å². The van der Waals surface area contributed by atoms with Crippen LogP contribution in [0.3, 0.4) is 0 Å². The number of thioether (sulfide) groups is 1. The number of hydrogen-bond donors (Lipinski definition) is 0. The molecule has 0 radical (unpaired) electrons. The maximum Gasteiger partial charge on any atom is 0.433 e. The summed E-state index contributed by atoms with van der Waals surface area (Å²) < 4.78 is 50.4. The highest BCUT2D eigenvalue weighted by atomic mass is 32.2. The Bertz CT molecular complexity index is 832. The maximum absolute atomic E-state index is 13.3. The normalized spacial score (nSPS) is 25.5. The summed E-state index contributed by atoms with van der Waals surface area (Å²) in [6.45, 7) is 0.235. The van der Waals surface area contributed by atoms with E-state index in [1.807, 2.05) is 0 Å². The van der Waals surface area contributed by atoms with Crippen LogP contribution < -0.4 is 0 Å². The summed E-state index contributed by atoms with van der Waals surface area (Å²) in [5.41, 5.74) is -0.279. The predicted octanol–water partition coefficient (Wildman–Crippen LogP) is 3.34. The summed E-state index contributed by atoms with van der Waals surface area (Å²) in [6.07, 6.45) is -5.65. The lowest BCUT2D eigenvalue weighted by atomic mass is 10.1. The van der Waals surface area contributed by atoms with Gasteiger partial charge in [0, 0.05) is 17.2 Å². The summed E-state index contributed by atoms with van der Waals surface area (Å²) in [6, 6.07) is 9.50. The van der Waals surface area contributed by atoms with E-state index < -0.39 is 18.2 Å². The van der Waals surface area contributed by atoms with Crippen LogP contribution in [0.5, 0.6) is 0 Å². The Morgan fingerprint density at radius 1 is 1.15 bits per heavy atom. The molecule has 0 saturated carbocycles. The monoisotopic (exact) mass is 382 g/mol. The number of nitrogens with zero attached hydrogens (tertiary/aromatic N) is 2. The number of alkyl halides is 3. The summed E-state index contributed by atoms with van der Waals surface area (Å²) in [4.78, 5) is 19.8. The Balaban J connectivity index is 1.68. The summed E-state index contributed by atoms with van der Waals surface area (Å²) >= 11 is 1.02. The molecule has 2 bridgehead atoms. The number of carbonyl (C=O) groups excluding carboxylic acids is 1. The first-order chi connectivity index (χ1) is 12.4. The molecule has 1 aromatic heterocycles. The van der Waals surface area contributed by atoms with E-state index in [-0.39, 0.29) is 41.0 Å². The molecule has 2 aliphatic rings. The zero-order valence-electron chi connectivity index (χ0n) is 13.3. The van der Waals surface area contributed by atoms with Crippen LogP contribution in [-0.2, 0) is 20.4 Å². The second kappa shape index (κ2) is 6.64. The fourth-order valence-corrected chi connectivity index (χ4v) is 3.96. The first kappa shape index (κ1) is 17.4. The number of Topliss-reactive ketones (excluding diaryl/α,β-unsaturated/α-hetero) is 1. The standard InChI is InChI=1S/C17H13F3N2O3S/c18-17(19,20)14-6-10(9-4-2-1-3-5-9)21-16(22-14)26-13-7-11(23)15-24-8-12(13)25-15/h1-6,12-13,15H,7-8H2. The third-order valence-corrected chi connectivity index (χ3v) is 5.28. The molecule has 0 amide bonds. The van der Waals surface area contributed by atoms with Gasteiger partial charge in [-0.2, -0.15) is 13.2 Å². The molecule has 4 rings (SSSR count). The van der Waals surface area contributed by atoms with Gasteiger partial charge in [0.05, 0.1) is 18.4 Å². The Kier molecular flexibility index (Phi) is 4.45. The Labute approximate surface area is 150 Å². The van der Waals surface area contributed by atoms with Crippen LogP contribution in [0.2, 0.25) is 0 Å². The van der Waals surface area contributed by atoms with Gasteiger partial charge in [-0.1, -0.05) is 42.1 Å². The van der Waals surface area contributed by atoms with Crippen LogP contribution in [0.1, 0.15) is 12.1 Å². The molecule has 0 N–H and O–H groups in total. The molecule has 5 nitrogen and oxygen atoms in total. The minimum atomic E-state index is -4.60. The maximum atomic E-state index is 13.3. The van der Waals surface area contributed by atoms with E-state index in [4.69, 9.17) is 9.47 Å². The van der Waals surface area contributed by atoms with Crippen molar-refractivity contribution in [2.24, 2.45) is 0 Å². The third kappa shape index (κ3) is 3.46. The van der Waals surface area contributed by atoms with Gasteiger partial charge in [-0.3, -0.25) is 4.79 Å². The molecule has 2 fully saturated rings. The van der Waals surface area contributed by atoms with Gasteiger partial charge < -0.3 is 9.47 Å². The molecule has 2 aromatic rings. The molecule has 26 heavy (non-hydrogen) atoms. The number of fused-ring (bicyclic) bond motifs is 2. The molecular weight excluding hydrogens is 369 g/mol. The molecule has 9 heteroatoms. The quantitative estimate of drug-likeness (QED) is 0.759. The average molecular weight is 382 g/mol. The minimum Gasteiger partial charge on any atom is -0.343 e. The molecule has 1 aromatic carbocycles. The van der Waals surface area contributed by atoms with E-state index in [1.165, 1.54) is 0 Å². The van der Waals surface area contributed by atoms with Gasteiger partial charge in [0.2, 0.25) is 6.29 Å². The molecule has 3 atom stereocenters. The van der Waals surface area contributed by atoms with E-state index in [9.17, 15) is 18.0 Å². The molecule has 2 aliphatic heterocycles. The number of rotatable bonds is 3. The lowest BCUT2D eigenvalue weighted by molar-refractivity contribution is -0.151. The average Bonchev–Trinajstić information content (AvgIpc) is 3.06. The summed E-state index contributed by atoms with van der Waals surface area (Å²) in [5.74, 6) is -0.216. The highest BCUT2D eigenvalue weighted by Crippen LogP contribution is 2.37. The molecule has 136 valence electrons. The van der Waals surface area contributed by atoms with Gasteiger partial charge >= 0.3 is 6.18 Å². The number of ether oxygens (including phenoxy) is 2. The van der Waals surface area contributed by atoms with Crippen molar-refractivity contribution in [3.05, 3.63) is 42.1 Å². The highest BCUT2D eigenvalue weighted by molar-refractivity contribution is 7.99. The van der Waals surface area contributed by atoms with Crippen molar-refractivity contribution in [2.75, 3.05) is 6.61 Å². The highest BCUT2D eigenvalue weighted by Gasteiger charge is 2.44.